The molecule has 19 heavy (non-hydrogen) atoms. The monoisotopic (exact) mass is 262 g/mol. The van der Waals surface area contributed by atoms with Gasteiger partial charge in [0.15, 0.2) is 0 Å². The van der Waals surface area contributed by atoms with E-state index in [4.69, 9.17) is 5.73 Å². The molecule has 0 spiro atoms. The second-order valence-corrected chi connectivity index (χ2v) is 4.83. The topological polar surface area (TPSA) is 46.3 Å². The molecule has 3 nitrogen and oxygen atoms in total. The third-order valence-corrected chi connectivity index (χ3v) is 3.20. The van der Waals surface area contributed by atoms with Crippen LogP contribution in [0.1, 0.15) is 45.4 Å². The first-order chi connectivity index (χ1) is 9.29. The van der Waals surface area contributed by atoms with Gasteiger partial charge >= 0.3 is 0 Å². The number of carbonyl (C=O) groups excluding carboxylic acids is 1. The molecule has 0 atom stereocenters. The van der Waals surface area contributed by atoms with Crippen LogP contribution >= 0.6 is 0 Å². The molecule has 0 bridgehead atoms. The lowest BCUT2D eigenvalue weighted by Gasteiger charge is -2.22. The van der Waals surface area contributed by atoms with E-state index in [9.17, 15) is 4.79 Å². The SMILES string of the molecule is CCCCCCC(=O)N(CCCN)c1ccccc1. The molecule has 0 unspecified atom stereocenters. The van der Waals surface area contributed by atoms with Crippen molar-refractivity contribution in [2.75, 3.05) is 18.0 Å². The van der Waals surface area contributed by atoms with Crippen molar-refractivity contribution in [3.8, 4) is 0 Å². The van der Waals surface area contributed by atoms with E-state index in [1.807, 2.05) is 35.2 Å². The Hall–Kier alpha value is -1.35. The maximum atomic E-state index is 12.3. The summed E-state index contributed by atoms with van der Waals surface area (Å²) in [6.45, 7) is 3.51. The third-order valence-electron chi connectivity index (χ3n) is 3.20. The zero-order valence-electron chi connectivity index (χ0n) is 12.0. The number of anilines is 1. The van der Waals surface area contributed by atoms with Crippen molar-refractivity contribution in [2.45, 2.75) is 45.4 Å². The minimum absolute atomic E-state index is 0.218. The van der Waals surface area contributed by atoms with Gasteiger partial charge in [0.05, 0.1) is 0 Å². The first-order valence-corrected chi connectivity index (χ1v) is 7.35. The van der Waals surface area contributed by atoms with E-state index in [-0.39, 0.29) is 5.91 Å². The zero-order chi connectivity index (χ0) is 13.9. The van der Waals surface area contributed by atoms with E-state index in [2.05, 4.69) is 6.92 Å². The normalized spacial score (nSPS) is 10.4. The zero-order valence-corrected chi connectivity index (χ0v) is 12.0. The number of para-hydroxylation sites is 1. The Labute approximate surface area is 116 Å². The second kappa shape index (κ2) is 9.56. The summed E-state index contributed by atoms with van der Waals surface area (Å²) in [6, 6.07) is 9.88. The van der Waals surface area contributed by atoms with Crippen molar-refractivity contribution in [2.24, 2.45) is 5.73 Å². The number of unbranched alkanes of at least 4 members (excludes halogenated alkanes) is 3. The maximum absolute atomic E-state index is 12.3. The molecule has 0 fully saturated rings. The lowest BCUT2D eigenvalue weighted by molar-refractivity contribution is -0.118. The van der Waals surface area contributed by atoms with Crippen LogP contribution in [0.4, 0.5) is 5.69 Å². The van der Waals surface area contributed by atoms with Crippen molar-refractivity contribution in [1.82, 2.24) is 0 Å². The van der Waals surface area contributed by atoms with Gasteiger partial charge in [-0.15, -0.1) is 0 Å². The molecule has 0 aromatic heterocycles. The van der Waals surface area contributed by atoms with Gasteiger partial charge in [0.1, 0.15) is 0 Å². The first-order valence-electron chi connectivity index (χ1n) is 7.35. The van der Waals surface area contributed by atoms with E-state index < -0.39 is 0 Å². The number of rotatable bonds is 9. The molecule has 0 heterocycles. The van der Waals surface area contributed by atoms with Gasteiger partial charge in [-0.25, -0.2) is 0 Å². The van der Waals surface area contributed by atoms with E-state index in [0.717, 1.165) is 24.9 Å². The highest BCUT2D eigenvalue weighted by atomic mass is 16.2. The molecule has 1 amide bonds. The van der Waals surface area contributed by atoms with Crippen molar-refractivity contribution < 1.29 is 4.79 Å². The highest BCUT2D eigenvalue weighted by Crippen LogP contribution is 2.16. The summed E-state index contributed by atoms with van der Waals surface area (Å²) in [5.41, 5.74) is 6.54. The number of hydrogen-bond donors (Lipinski definition) is 1. The number of carbonyl (C=O) groups is 1. The van der Waals surface area contributed by atoms with Crippen LogP contribution < -0.4 is 10.6 Å². The Morgan fingerprint density at radius 2 is 1.84 bits per heavy atom. The summed E-state index contributed by atoms with van der Waals surface area (Å²) < 4.78 is 0. The molecule has 0 aliphatic heterocycles. The average Bonchev–Trinajstić information content (AvgIpc) is 2.45. The standard InChI is InChI=1S/C16H26N2O/c1-2-3-4-8-12-16(19)18(14-9-13-17)15-10-6-5-7-11-15/h5-7,10-11H,2-4,8-9,12-14,17H2,1H3. The summed E-state index contributed by atoms with van der Waals surface area (Å²) in [5, 5.41) is 0. The summed E-state index contributed by atoms with van der Waals surface area (Å²) in [7, 11) is 0. The molecule has 0 saturated carbocycles. The predicted molar refractivity (Wildman–Crippen MR) is 81.2 cm³/mol. The minimum Gasteiger partial charge on any atom is -0.330 e. The summed E-state index contributed by atoms with van der Waals surface area (Å²) in [4.78, 5) is 14.2. The number of hydrogen-bond acceptors (Lipinski definition) is 2. The highest BCUT2D eigenvalue weighted by Gasteiger charge is 2.14. The fraction of sp³-hybridized carbons (Fsp3) is 0.562. The molecule has 1 aromatic rings. The van der Waals surface area contributed by atoms with Crippen molar-refractivity contribution in [3.05, 3.63) is 30.3 Å². The van der Waals surface area contributed by atoms with Crippen molar-refractivity contribution >= 4 is 11.6 Å². The average molecular weight is 262 g/mol. The number of nitrogens with two attached hydrogens (primary N) is 1. The quantitative estimate of drug-likeness (QED) is 0.694. The molecule has 0 aliphatic rings. The Balaban J connectivity index is 2.55. The highest BCUT2D eigenvalue weighted by molar-refractivity contribution is 5.93. The Kier molecular flexibility index (Phi) is 7.91. The van der Waals surface area contributed by atoms with E-state index in [1.54, 1.807) is 0 Å². The van der Waals surface area contributed by atoms with E-state index >= 15 is 0 Å². The molecule has 0 aliphatic carbocycles. The van der Waals surface area contributed by atoms with Gasteiger partial charge in [-0.3, -0.25) is 4.79 Å². The van der Waals surface area contributed by atoms with Gasteiger partial charge in [0.2, 0.25) is 5.91 Å². The number of benzene rings is 1. The number of nitrogens with zero attached hydrogens (tertiary/aromatic N) is 1. The molecule has 3 heteroatoms. The van der Waals surface area contributed by atoms with Gasteiger partial charge in [-0.1, -0.05) is 44.4 Å². The first kappa shape index (κ1) is 15.7. The Morgan fingerprint density at radius 3 is 2.47 bits per heavy atom. The van der Waals surface area contributed by atoms with E-state index in [0.29, 0.717) is 19.5 Å². The fourth-order valence-electron chi connectivity index (χ4n) is 2.09. The molecule has 0 radical (unpaired) electrons. The van der Waals surface area contributed by atoms with Crippen LogP contribution in [0.15, 0.2) is 30.3 Å². The molecule has 106 valence electrons. The smallest absolute Gasteiger partial charge is 0.226 e. The van der Waals surface area contributed by atoms with Crippen LogP contribution in [0.3, 0.4) is 0 Å². The fourth-order valence-corrected chi connectivity index (χ4v) is 2.09. The van der Waals surface area contributed by atoms with Crippen LogP contribution in [-0.4, -0.2) is 19.0 Å². The summed E-state index contributed by atoms with van der Waals surface area (Å²) >= 11 is 0. The molecular formula is C16H26N2O. The maximum Gasteiger partial charge on any atom is 0.226 e. The van der Waals surface area contributed by atoms with Gasteiger partial charge in [0, 0.05) is 18.7 Å². The molecule has 1 rings (SSSR count). The van der Waals surface area contributed by atoms with Crippen LogP contribution in [0.2, 0.25) is 0 Å². The number of amides is 1. The van der Waals surface area contributed by atoms with Gasteiger partial charge in [-0.05, 0) is 31.5 Å². The lowest BCUT2D eigenvalue weighted by atomic mass is 10.1. The molecule has 2 N–H and O–H groups in total. The van der Waals surface area contributed by atoms with Gasteiger partial charge in [-0.2, -0.15) is 0 Å². The van der Waals surface area contributed by atoms with Crippen molar-refractivity contribution in [3.63, 3.8) is 0 Å². The van der Waals surface area contributed by atoms with Crippen LogP contribution in [-0.2, 0) is 4.79 Å². The minimum atomic E-state index is 0.218. The van der Waals surface area contributed by atoms with Gasteiger partial charge < -0.3 is 10.6 Å². The molecule has 1 aromatic carbocycles. The molecule has 0 saturated heterocycles. The van der Waals surface area contributed by atoms with E-state index in [1.165, 1.54) is 12.8 Å². The lowest BCUT2D eigenvalue weighted by Crippen LogP contribution is -2.32. The predicted octanol–water partition coefficient (Wildman–Crippen LogP) is 3.34. The van der Waals surface area contributed by atoms with Crippen LogP contribution in [0.25, 0.3) is 0 Å². The Morgan fingerprint density at radius 1 is 1.11 bits per heavy atom. The van der Waals surface area contributed by atoms with Gasteiger partial charge in [0.25, 0.3) is 0 Å². The third kappa shape index (κ3) is 5.88. The summed E-state index contributed by atoms with van der Waals surface area (Å²) in [6.07, 6.45) is 6.01. The van der Waals surface area contributed by atoms with Crippen LogP contribution in [0.5, 0.6) is 0 Å². The van der Waals surface area contributed by atoms with Crippen molar-refractivity contribution in [1.29, 1.82) is 0 Å². The molecular weight excluding hydrogens is 236 g/mol. The largest absolute Gasteiger partial charge is 0.330 e. The Bertz CT molecular complexity index is 351. The summed E-state index contributed by atoms with van der Waals surface area (Å²) in [5.74, 6) is 0.218. The van der Waals surface area contributed by atoms with Crippen LogP contribution in [0, 0.1) is 0 Å². The second-order valence-electron chi connectivity index (χ2n) is 4.83.